The van der Waals surface area contributed by atoms with Gasteiger partial charge < -0.3 is 5.32 Å². The van der Waals surface area contributed by atoms with E-state index in [-0.39, 0.29) is 17.4 Å². The summed E-state index contributed by atoms with van der Waals surface area (Å²) in [7, 11) is 0. The molecule has 0 saturated carbocycles. The Hall–Kier alpha value is -0.450. The molecular weight excluding hydrogens is 156 g/mol. The topological polar surface area (TPSA) is 50.4 Å². The number of ketones is 1. The molecule has 0 bridgehead atoms. The van der Waals surface area contributed by atoms with E-state index in [0.717, 1.165) is 25.9 Å². The molecule has 2 fully saturated rings. The van der Waals surface area contributed by atoms with Gasteiger partial charge in [-0.1, -0.05) is 0 Å². The van der Waals surface area contributed by atoms with Gasteiger partial charge in [-0.05, 0) is 19.9 Å². The first kappa shape index (κ1) is 8.16. The van der Waals surface area contributed by atoms with Gasteiger partial charge in [0.25, 0.3) is 0 Å². The fourth-order valence-electron chi connectivity index (χ4n) is 1.86. The van der Waals surface area contributed by atoms with Crippen LogP contribution in [0.15, 0.2) is 0 Å². The first-order valence-electron chi connectivity index (χ1n) is 4.37. The number of rotatable bonds is 1. The van der Waals surface area contributed by atoms with Crippen LogP contribution in [-0.2, 0) is 9.63 Å². The molecule has 0 radical (unpaired) electrons. The van der Waals surface area contributed by atoms with E-state index in [2.05, 4.69) is 10.8 Å². The summed E-state index contributed by atoms with van der Waals surface area (Å²) in [5.74, 6) is 0.166. The lowest BCUT2D eigenvalue weighted by Crippen LogP contribution is -2.31. The monoisotopic (exact) mass is 170 g/mol. The minimum Gasteiger partial charge on any atom is -0.314 e. The summed E-state index contributed by atoms with van der Waals surface area (Å²) >= 11 is 0. The molecule has 2 aliphatic rings. The van der Waals surface area contributed by atoms with Crippen molar-refractivity contribution in [2.45, 2.75) is 31.4 Å². The third-order valence-electron chi connectivity index (χ3n) is 2.69. The molecule has 4 heteroatoms. The summed E-state index contributed by atoms with van der Waals surface area (Å²) in [6.07, 6.45) is 1.82. The molecule has 68 valence electrons. The van der Waals surface area contributed by atoms with Gasteiger partial charge in [-0.2, -0.15) is 5.48 Å². The van der Waals surface area contributed by atoms with Crippen LogP contribution >= 0.6 is 0 Å². The van der Waals surface area contributed by atoms with Crippen molar-refractivity contribution in [3.63, 3.8) is 0 Å². The predicted molar refractivity (Wildman–Crippen MR) is 43.5 cm³/mol. The van der Waals surface area contributed by atoms with E-state index in [4.69, 9.17) is 4.84 Å². The maximum atomic E-state index is 11.0. The van der Waals surface area contributed by atoms with Crippen molar-refractivity contribution in [3.8, 4) is 0 Å². The maximum Gasteiger partial charge on any atom is 0.149 e. The molecule has 2 atom stereocenters. The summed E-state index contributed by atoms with van der Waals surface area (Å²) in [5, 5.41) is 3.24. The SMILES string of the molecule is CC(=O)C1CC2(CCNC2)ON1. The van der Waals surface area contributed by atoms with Gasteiger partial charge in [-0.3, -0.25) is 9.63 Å². The molecule has 2 unspecified atom stereocenters. The van der Waals surface area contributed by atoms with E-state index in [1.54, 1.807) is 6.92 Å². The van der Waals surface area contributed by atoms with E-state index < -0.39 is 0 Å². The van der Waals surface area contributed by atoms with Crippen LogP contribution in [-0.4, -0.2) is 30.5 Å². The number of Topliss-reactive ketones (excluding diaryl/α,β-unsaturated/α-hetero) is 1. The van der Waals surface area contributed by atoms with Crippen molar-refractivity contribution in [1.82, 2.24) is 10.8 Å². The quantitative estimate of drug-likeness (QED) is 0.562. The molecule has 0 aromatic heterocycles. The Morgan fingerprint density at radius 3 is 3.00 bits per heavy atom. The van der Waals surface area contributed by atoms with Gasteiger partial charge in [0.2, 0.25) is 0 Å². The van der Waals surface area contributed by atoms with Crippen molar-refractivity contribution < 1.29 is 9.63 Å². The smallest absolute Gasteiger partial charge is 0.149 e. The second kappa shape index (κ2) is 2.80. The molecule has 0 aromatic carbocycles. The van der Waals surface area contributed by atoms with Gasteiger partial charge in [0, 0.05) is 13.0 Å². The number of carbonyl (C=O) groups excluding carboxylic acids is 1. The molecule has 2 N–H and O–H groups in total. The highest BCUT2D eigenvalue weighted by Crippen LogP contribution is 2.29. The summed E-state index contributed by atoms with van der Waals surface area (Å²) in [4.78, 5) is 16.5. The Morgan fingerprint density at radius 2 is 2.50 bits per heavy atom. The van der Waals surface area contributed by atoms with Crippen LogP contribution in [0.2, 0.25) is 0 Å². The van der Waals surface area contributed by atoms with Crippen molar-refractivity contribution in [2.24, 2.45) is 0 Å². The predicted octanol–water partition coefficient (Wildman–Crippen LogP) is -0.399. The fourth-order valence-corrected chi connectivity index (χ4v) is 1.86. The van der Waals surface area contributed by atoms with Crippen LogP contribution in [0.4, 0.5) is 0 Å². The lowest BCUT2D eigenvalue weighted by Gasteiger charge is -2.18. The fraction of sp³-hybridized carbons (Fsp3) is 0.875. The van der Waals surface area contributed by atoms with Crippen LogP contribution in [0.3, 0.4) is 0 Å². The van der Waals surface area contributed by atoms with E-state index in [1.165, 1.54) is 0 Å². The maximum absolute atomic E-state index is 11.0. The third-order valence-corrected chi connectivity index (χ3v) is 2.69. The standard InChI is InChI=1S/C8H14N2O2/c1-6(11)7-4-8(12-10-7)2-3-9-5-8/h7,9-10H,2-5H2,1H3. The highest BCUT2D eigenvalue weighted by atomic mass is 16.7. The van der Waals surface area contributed by atoms with Crippen LogP contribution in [0.1, 0.15) is 19.8 Å². The van der Waals surface area contributed by atoms with Crippen molar-refractivity contribution >= 4 is 5.78 Å². The molecule has 4 nitrogen and oxygen atoms in total. The second-order valence-electron chi connectivity index (χ2n) is 3.70. The van der Waals surface area contributed by atoms with Gasteiger partial charge in [0.1, 0.15) is 11.4 Å². The summed E-state index contributed by atoms with van der Waals surface area (Å²) in [6.45, 7) is 3.46. The van der Waals surface area contributed by atoms with Gasteiger partial charge in [0.05, 0.1) is 6.04 Å². The van der Waals surface area contributed by atoms with E-state index >= 15 is 0 Å². The third kappa shape index (κ3) is 1.26. The van der Waals surface area contributed by atoms with E-state index in [0.29, 0.717) is 0 Å². The van der Waals surface area contributed by atoms with Crippen molar-refractivity contribution in [1.29, 1.82) is 0 Å². The summed E-state index contributed by atoms with van der Waals surface area (Å²) in [5.41, 5.74) is 2.70. The Bertz CT molecular complexity index is 199. The normalized spacial score (nSPS) is 40.9. The molecule has 2 heterocycles. The minimum atomic E-state index is -0.101. The Balaban J connectivity index is 2.01. The molecule has 2 saturated heterocycles. The molecule has 0 aromatic rings. The van der Waals surface area contributed by atoms with E-state index in [1.807, 2.05) is 0 Å². The molecule has 1 spiro atoms. The molecule has 0 amide bonds. The molecular formula is C8H14N2O2. The lowest BCUT2D eigenvalue weighted by molar-refractivity contribution is -0.120. The largest absolute Gasteiger partial charge is 0.314 e. The highest BCUT2D eigenvalue weighted by Gasteiger charge is 2.44. The second-order valence-corrected chi connectivity index (χ2v) is 3.70. The van der Waals surface area contributed by atoms with Crippen molar-refractivity contribution in [3.05, 3.63) is 0 Å². The van der Waals surface area contributed by atoms with Crippen LogP contribution in [0.5, 0.6) is 0 Å². The molecule has 0 aliphatic carbocycles. The number of hydrogen-bond acceptors (Lipinski definition) is 4. The summed E-state index contributed by atoms with van der Waals surface area (Å²) in [6, 6.07) is -0.0927. The number of carbonyl (C=O) groups is 1. The Labute approximate surface area is 71.6 Å². The van der Waals surface area contributed by atoms with Crippen molar-refractivity contribution in [2.75, 3.05) is 13.1 Å². The average Bonchev–Trinajstić information content (AvgIpc) is 2.62. The number of nitrogens with one attached hydrogen (secondary N) is 2. The van der Waals surface area contributed by atoms with Crippen LogP contribution in [0.25, 0.3) is 0 Å². The van der Waals surface area contributed by atoms with Gasteiger partial charge in [0.15, 0.2) is 0 Å². The Kier molecular flexibility index (Phi) is 1.90. The molecule has 12 heavy (non-hydrogen) atoms. The number of hydroxylamine groups is 1. The lowest BCUT2D eigenvalue weighted by atomic mass is 9.94. The zero-order valence-electron chi connectivity index (χ0n) is 7.22. The first-order valence-corrected chi connectivity index (χ1v) is 4.37. The average molecular weight is 170 g/mol. The zero-order chi connectivity index (χ0) is 8.60. The van der Waals surface area contributed by atoms with Crippen LogP contribution < -0.4 is 10.8 Å². The zero-order valence-corrected chi connectivity index (χ0v) is 7.22. The summed E-state index contributed by atoms with van der Waals surface area (Å²) < 4.78 is 0. The molecule has 2 rings (SSSR count). The number of hydrogen-bond donors (Lipinski definition) is 2. The van der Waals surface area contributed by atoms with Gasteiger partial charge in [-0.15, -0.1) is 0 Å². The van der Waals surface area contributed by atoms with E-state index in [9.17, 15) is 4.79 Å². The molecule has 2 aliphatic heterocycles. The Morgan fingerprint density at radius 1 is 1.67 bits per heavy atom. The first-order chi connectivity index (χ1) is 5.72. The van der Waals surface area contributed by atoms with Crippen LogP contribution in [0, 0.1) is 0 Å². The van der Waals surface area contributed by atoms with Gasteiger partial charge >= 0.3 is 0 Å². The highest BCUT2D eigenvalue weighted by molar-refractivity contribution is 5.81. The minimum absolute atomic E-state index is 0.0927. The van der Waals surface area contributed by atoms with Gasteiger partial charge in [-0.25, -0.2) is 0 Å².